The molecule has 1 aliphatic carbocycles. The fourth-order valence-electron chi connectivity index (χ4n) is 2.30. The van der Waals surface area contributed by atoms with Crippen molar-refractivity contribution in [2.45, 2.75) is 45.4 Å². The smallest absolute Gasteiger partial charge is 0.396 e. The zero-order valence-electron chi connectivity index (χ0n) is 10.9. The molecule has 17 heavy (non-hydrogen) atoms. The van der Waals surface area contributed by atoms with Crippen LogP contribution in [-0.2, 0) is 14.3 Å². The first-order chi connectivity index (χ1) is 8.15. The number of rotatable bonds is 4. The number of carbonyl (C=O) groups is 2. The van der Waals surface area contributed by atoms with E-state index in [9.17, 15) is 9.59 Å². The highest BCUT2D eigenvalue weighted by Gasteiger charge is 2.21. The van der Waals surface area contributed by atoms with Crippen molar-refractivity contribution in [3.05, 3.63) is 0 Å². The Morgan fingerprint density at radius 1 is 1.24 bits per heavy atom. The number of nitrogens with zero attached hydrogens (tertiary/aromatic N) is 1. The van der Waals surface area contributed by atoms with Crippen molar-refractivity contribution < 1.29 is 14.3 Å². The second kappa shape index (κ2) is 7.30. The summed E-state index contributed by atoms with van der Waals surface area (Å²) >= 11 is 0. The van der Waals surface area contributed by atoms with Crippen molar-refractivity contribution in [2.24, 2.45) is 5.92 Å². The summed E-state index contributed by atoms with van der Waals surface area (Å²) in [5.74, 6) is -0.539. The van der Waals surface area contributed by atoms with E-state index in [1.807, 2.05) is 0 Å². The van der Waals surface area contributed by atoms with E-state index in [1.165, 1.54) is 37.0 Å². The fourth-order valence-corrected chi connectivity index (χ4v) is 2.30. The zero-order valence-corrected chi connectivity index (χ0v) is 10.9. The lowest BCUT2D eigenvalue weighted by Crippen LogP contribution is -2.36. The van der Waals surface area contributed by atoms with Gasteiger partial charge in [0.05, 0.1) is 6.61 Å². The first kappa shape index (κ1) is 14.0. The predicted molar refractivity (Wildman–Crippen MR) is 65.5 cm³/mol. The molecule has 0 aromatic rings. The molecule has 0 atom stereocenters. The minimum absolute atomic E-state index is 0.251. The van der Waals surface area contributed by atoms with E-state index in [1.54, 1.807) is 14.0 Å². The van der Waals surface area contributed by atoms with Crippen LogP contribution in [0.5, 0.6) is 0 Å². The van der Waals surface area contributed by atoms with Crippen LogP contribution in [0.15, 0.2) is 0 Å². The minimum atomic E-state index is -0.737. The summed E-state index contributed by atoms with van der Waals surface area (Å²) in [5, 5.41) is 0. The Morgan fingerprint density at radius 3 is 2.47 bits per heavy atom. The standard InChI is InChI=1S/C13H23NO3/c1-3-17-13(16)12(15)14(2)10-9-11-7-5-4-6-8-11/h11H,3-10H2,1-2H3. The third-order valence-corrected chi connectivity index (χ3v) is 3.39. The molecule has 0 saturated heterocycles. The molecule has 4 nitrogen and oxygen atoms in total. The molecule has 0 bridgehead atoms. The van der Waals surface area contributed by atoms with Gasteiger partial charge in [0.25, 0.3) is 0 Å². The van der Waals surface area contributed by atoms with Crippen LogP contribution < -0.4 is 0 Å². The number of ether oxygens (including phenoxy) is 1. The van der Waals surface area contributed by atoms with Crippen molar-refractivity contribution in [3.8, 4) is 0 Å². The van der Waals surface area contributed by atoms with Crippen LogP contribution in [-0.4, -0.2) is 37.0 Å². The van der Waals surface area contributed by atoms with E-state index in [2.05, 4.69) is 4.74 Å². The van der Waals surface area contributed by atoms with Gasteiger partial charge in [-0.05, 0) is 19.3 Å². The number of hydrogen-bond donors (Lipinski definition) is 0. The highest BCUT2D eigenvalue weighted by molar-refractivity contribution is 6.32. The second-order valence-corrected chi connectivity index (χ2v) is 4.74. The molecule has 0 N–H and O–H groups in total. The zero-order chi connectivity index (χ0) is 12.7. The number of hydrogen-bond acceptors (Lipinski definition) is 3. The van der Waals surface area contributed by atoms with Crippen molar-refractivity contribution in [2.75, 3.05) is 20.2 Å². The lowest BCUT2D eigenvalue weighted by molar-refractivity contribution is -0.159. The first-order valence-corrected chi connectivity index (χ1v) is 6.57. The van der Waals surface area contributed by atoms with Gasteiger partial charge in [-0.15, -0.1) is 0 Å². The monoisotopic (exact) mass is 241 g/mol. The predicted octanol–water partition coefficient (Wildman–Crippen LogP) is 1.98. The Labute approximate surface area is 103 Å². The van der Waals surface area contributed by atoms with E-state index >= 15 is 0 Å². The van der Waals surface area contributed by atoms with Crippen LogP contribution in [0, 0.1) is 5.92 Å². The van der Waals surface area contributed by atoms with E-state index in [4.69, 9.17) is 0 Å². The minimum Gasteiger partial charge on any atom is -0.459 e. The molecule has 0 aromatic heterocycles. The molecule has 4 heteroatoms. The molecule has 98 valence electrons. The van der Waals surface area contributed by atoms with Gasteiger partial charge >= 0.3 is 11.9 Å². The summed E-state index contributed by atoms with van der Waals surface area (Å²) in [5.41, 5.74) is 0. The molecule has 1 saturated carbocycles. The average molecular weight is 241 g/mol. The molecular weight excluding hydrogens is 218 g/mol. The molecule has 0 radical (unpaired) electrons. The molecule has 0 aliphatic heterocycles. The van der Waals surface area contributed by atoms with Gasteiger partial charge in [-0.25, -0.2) is 4.79 Å². The SMILES string of the molecule is CCOC(=O)C(=O)N(C)CCC1CCCCC1. The maximum Gasteiger partial charge on any atom is 0.396 e. The van der Waals surface area contributed by atoms with Crippen LogP contribution in [0.3, 0.4) is 0 Å². The largest absolute Gasteiger partial charge is 0.459 e. The van der Waals surface area contributed by atoms with Gasteiger partial charge in [-0.3, -0.25) is 4.79 Å². The highest BCUT2D eigenvalue weighted by Crippen LogP contribution is 2.26. The van der Waals surface area contributed by atoms with Gasteiger partial charge in [-0.2, -0.15) is 0 Å². The number of likely N-dealkylation sites (N-methyl/N-ethyl adjacent to an activating group) is 1. The van der Waals surface area contributed by atoms with Gasteiger partial charge in [-0.1, -0.05) is 32.1 Å². The Bertz CT molecular complexity index is 259. The summed E-state index contributed by atoms with van der Waals surface area (Å²) in [6.45, 7) is 2.61. The third kappa shape index (κ3) is 4.75. The molecule has 0 aromatic carbocycles. The molecule has 1 aliphatic rings. The van der Waals surface area contributed by atoms with Gasteiger partial charge in [0.2, 0.25) is 0 Å². The molecule has 0 heterocycles. The van der Waals surface area contributed by atoms with Crippen LogP contribution in [0.25, 0.3) is 0 Å². The molecule has 1 fully saturated rings. The lowest BCUT2D eigenvalue weighted by atomic mass is 9.87. The van der Waals surface area contributed by atoms with E-state index in [-0.39, 0.29) is 6.61 Å². The third-order valence-electron chi connectivity index (χ3n) is 3.39. The number of carbonyl (C=O) groups excluding carboxylic acids is 2. The second-order valence-electron chi connectivity index (χ2n) is 4.74. The van der Waals surface area contributed by atoms with Crippen molar-refractivity contribution in [1.29, 1.82) is 0 Å². The first-order valence-electron chi connectivity index (χ1n) is 6.57. The van der Waals surface area contributed by atoms with Gasteiger partial charge in [0.1, 0.15) is 0 Å². The lowest BCUT2D eigenvalue weighted by Gasteiger charge is -2.24. The van der Waals surface area contributed by atoms with Crippen LogP contribution in [0.4, 0.5) is 0 Å². The summed E-state index contributed by atoms with van der Waals surface area (Å²) in [6, 6.07) is 0. The summed E-state index contributed by atoms with van der Waals surface area (Å²) in [4.78, 5) is 24.3. The quantitative estimate of drug-likeness (QED) is 0.558. The normalized spacial score (nSPS) is 16.6. The molecule has 1 rings (SSSR count). The summed E-state index contributed by atoms with van der Waals surface area (Å²) in [7, 11) is 1.67. The van der Waals surface area contributed by atoms with Crippen LogP contribution >= 0.6 is 0 Å². The summed E-state index contributed by atoms with van der Waals surface area (Å²) in [6.07, 6.45) is 7.49. The highest BCUT2D eigenvalue weighted by atomic mass is 16.5. The van der Waals surface area contributed by atoms with E-state index in [0.717, 1.165) is 12.3 Å². The average Bonchev–Trinajstić information content (AvgIpc) is 2.36. The van der Waals surface area contributed by atoms with E-state index < -0.39 is 11.9 Å². The number of amides is 1. The van der Waals surface area contributed by atoms with E-state index in [0.29, 0.717) is 6.54 Å². The fraction of sp³-hybridized carbons (Fsp3) is 0.846. The molecule has 1 amide bonds. The Kier molecular flexibility index (Phi) is 6.01. The van der Waals surface area contributed by atoms with Crippen molar-refractivity contribution in [1.82, 2.24) is 4.90 Å². The van der Waals surface area contributed by atoms with Crippen molar-refractivity contribution >= 4 is 11.9 Å². The molecule has 0 spiro atoms. The number of esters is 1. The van der Waals surface area contributed by atoms with Crippen LogP contribution in [0.1, 0.15) is 45.4 Å². The van der Waals surface area contributed by atoms with Gasteiger partial charge in [0.15, 0.2) is 0 Å². The Balaban J connectivity index is 2.25. The van der Waals surface area contributed by atoms with Crippen molar-refractivity contribution in [3.63, 3.8) is 0 Å². The summed E-state index contributed by atoms with van der Waals surface area (Å²) < 4.78 is 4.69. The van der Waals surface area contributed by atoms with Crippen LogP contribution in [0.2, 0.25) is 0 Å². The topological polar surface area (TPSA) is 46.6 Å². The maximum atomic E-state index is 11.6. The molecular formula is C13H23NO3. The molecule has 0 unspecified atom stereocenters. The van der Waals surface area contributed by atoms with Gasteiger partial charge < -0.3 is 9.64 Å². The Morgan fingerprint density at radius 2 is 1.88 bits per heavy atom. The maximum absolute atomic E-state index is 11.6. The van der Waals surface area contributed by atoms with Gasteiger partial charge in [0, 0.05) is 13.6 Å². The Hall–Kier alpha value is -1.06.